The predicted octanol–water partition coefficient (Wildman–Crippen LogP) is 4.64. The molecule has 0 saturated carbocycles. The fourth-order valence-corrected chi connectivity index (χ4v) is 5.92. The SMILES string of the molecule is COCC(=O)N1CCCN(C(C)C)CCN(C(=O)CN2CCC(c3ccccc3)CC2)Cc2ccc(Cl)cc21. The molecule has 2 aliphatic rings. The molecular formula is C31H43ClN4O3. The average molecular weight is 555 g/mol. The van der Waals surface area contributed by atoms with E-state index >= 15 is 0 Å². The Morgan fingerprint density at radius 3 is 2.38 bits per heavy atom. The van der Waals surface area contributed by atoms with Gasteiger partial charge in [-0.2, -0.15) is 0 Å². The van der Waals surface area contributed by atoms with E-state index in [4.69, 9.17) is 16.3 Å². The first-order valence-electron chi connectivity index (χ1n) is 14.2. The van der Waals surface area contributed by atoms with Gasteiger partial charge in [-0.25, -0.2) is 0 Å². The lowest BCUT2D eigenvalue weighted by Crippen LogP contribution is -2.46. The first-order valence-corrected chi connectivity index (χ1v) is 14.6. The van der Waals surface area contributed by atoms with E-state index in [0.717, 1.165) is 56.7 Å². The average Bonchev–Trinajstić information content (AvgIpc) is 2.96. The summed E-state index contributed by atoms with van der Waals surface area (Å²) in [4.78, 5) is 35.3. The highest BCUT2D eigenvalue weighted by atomic mass is 35.5. The van der Waals surface area contributed by atoms with Gasteiger partial charge in [-0.1, -0.05) is 48.0 Å². The zero-order valence-corrected chi connectivity index (χ0v) is 24.4. The number of piperidine rings is 1. The number of hydrogen-bond donors (Lipinski definition) is 0. The van der Waals surface area contributed by atoms with Crippen LogP contribution >= 0.6 is 11.6 Å². The number of carbonyl (C=O) groups is 2. The summed E-state index contributed by atoms with van der Waals surface area (Å²) < 4.78 is 5.19. The zero-order chi connectivity index (χ0) is 27.8. The smallest absolute Gasteiger partial charge is 0.252 e. The van der Waals surface area contributed by atoms with E-state index < -0.39 is 0 Å². The van der Waals surface area contributed by atoms with Gasteiger partial charge in [-0.05, 0) is 75.4 Å². The number of ether oxygens (including phenoxy) is 1. The van der Waals surface area contributed by atoms with Crippen molar-refractivity contribution in [2.75, 3.05) is 64.4 Å². The van der Waals surface area contributed by atoms with Gasteiger partial charge in [0, 0.05) is 50.9 Å². The Kier molecular flexibility index (Phi) is 10.8. The fraction of sp³-hybridized carbons (Fsp3) is 0.548. The van der Waals surface area contributed by atoms with Crippen molar-refractivity contribution in [3.8, 4) is 0 Å². The molecule has 2 aromatic rings. The highest BCUT2D eigenvalue weighted by molar-refractivity contribution is 6.31. The minimum absolute atomic E-state index is 0.00142. The monoisotopic (exact) mass is 554 g/mol. The van der Waals surface area contributed by atoms with Gasteiger partial charge in [-0.15, -0.1) is 0 Å². The summed E-state index contributed by atoms with van der Waals surface area (Å²) in [5.74, 6) is 0.587. The van der Waals surface area contributed by atoms with Crippen molar-refractivity contribution < 1.29 is 14.3 Å². The summed E-state index contributed by atoms with van der Waals surface area (Å²) in [7, 11) is 1.53. The van der Waals surface area contributed by atoms with Crippen molar-refractivity contribution >= 4 is 29.1 Å². The molecule has 2 amide bonds. The second-order valence-electron chi connectivity index (χ2n) is 11.0. The molecule has 1 saturated heterocycles. The number of halogens is 1. The van der Waals surface area contributed by atoms with Crippen LogP contribution in [0.2, 0.25) is 5.02 Å². The van der Waals surface area contributed by atoms with Crippen molar-refractivity contribution in [3.05, 3.63) is 64.7 Å². The Morgan fingerprint density at radius 1 is 0.949 bits per heavy atom. The lowest BCUT2D eigenvalue weighted by molar-refractivity contribution is -0.133. The third-order valence-corrected chi connectivity index (χ3v) is 8.29. The number of nitrogens with zero attached hydrogens (tertiary/aromatic N) is 4. The molecule has 0 aromatic heterocycles. The number of fused-ring (bicyclic) bond motifs is 1. The second kappa shape index (κ2) is 14.3. The van der Waals surface area contributed by atoms with E-state index in [2.05, 4.69) is 54.0 Å². The minimum Gasteiger partial charge on any atom is -0.375 e. The molecule has 2 heterocycles. The van der Waals surface area contributed by atoms with Gasteiger partial charge in [-0.3, -0.25) is 19.4 Å². The maximum absolute atomic E-state index is 13.8. The van der Waals surface area contributed by atoms with Crippen LogP contribution in [0.4, 0.5) is 5.69 Å². The van der Waals surface area contributed by atoms with E-state index in [9.17, 15) is 9.59 Å². The normalized spacial score (nSPS) is 18.6. The molecule has 2 aliphatic heterocycles. The summed E-state index contributed by atoms with van der Waals surface area (Å²) >= 11 is 6.41. The molecule has 0 bridgehead atoms. The van der Waals surface area contributed by atoms with Crippen molar-refractivity contribution in [1.29, 1.82) is 0 Å². The number of methoxy groups -OCH3 is 1. The molecule has 39 heavy (non-hydrogen) atoms. The van der Waals surface area contributed by atoms with Crippen LogP contribution in [-0.4, -0.2) is 92.1 Å². The molecule has 7 nitrogen and oxygen atoms in total. The molecule has 0 radical (unpaired) electrons. The summed E-state index contributed by atoms with van der Waals surface area (Å²) in [6.07, 6.45) is 2.95. The molecule has 4 rings (SSSR count). The first kappa shape index (κ1) is 29.5. The minimum atomic E-state index is -0.101. The zero-order valence-electron chi connectivity index (χ0n) is 23.7. The molecular weight excluding hydrogens is 512 g/mol. The largest absolute Gasteiger partial charge is 0.375 e. The maximum atomic E-state index is 13.8. The molecule has 2 aromatic carbocycles. The predicted molar refractivity (Wildman–Crippen MR) is 157 cm³/mol. The van der Waals surface area contributed by atoms with Gasteiger partial charge >= 0.3 is 0 Å². The van der Waals surface area contributed by atoms with E-state index in [1.807, 2.05) is 23.1 Å². The van der Waals surface area contributed by atoms with Gasteiger partial charge in [0.2, 0.25) is 5.91 Å². The first-order chi connectivity index (χ1) is 18.9. The van der Waals surface area contributed by atoms with Crippen molar-refractivity contribution in [2.45, 2.75) is 51.6 Å². The standard InChI is InChI=1S/C31H43ClN4O3/c1-24(2)34-14-7-15-36(31(38)23-39-3)29-20-28(32)11-10-27(29)21-35(19-18-34)30(37)22-33-16-12-26(13-17-33)25-8-5-4-6-9-25/h4-6,8-11,20,24,26H,7,12-19,21-23H2,1-3H3. The van der Waals surface area contributed by atoms with Crippen LogP contribution in [0.1, 0.15) is 50.2 Å². The Balaban J connectivity index is 1.52. The van der Waals surface area contributed by atoms with Crippen LogP contribution in [0.15, 0.2) is 48.5 Å². The van der Waals surface area contributed by atoms with Crippen molar-refractivity contribution in [2.24, 2.45) is 0 Å². The third-order valence-electron chi connectivity index (χ3n) is 8.05. The molecule has 0 aliphatic carbocycles. The van der Waals surface area contributed by atoms with Gasteiger partial charge in [0.05, 0.1) is 12.2 Å². The van der Waals surface area contributed by atoms with Crippen LogP contribution in [0.3, 0.4) is 0 Å². The summed E-state index contributed by atoms with van der Waals surface area (Å²) in [5.41, 5.74) is 3.09. The van der Waals surface area contributed by atoms with E-state index in [0.29, 0.717) is 43.2 Å². The number of anilines is 1. The van der Waals surface area contributed by atoms with Crippen LogP contribution in [-0.2, 0) is 20.9 Å². The Labute approximate surface area is 238 Å². The Morgan fingerprint density at radius 2 is 1.69 bits per heavy atom. The summed E-state index contributed by atoms with van der Waals surface area (Å²) in [6, 6.07) is 16.7. The maximum Gasteiger partial charge on any atom is 0.252 e. The van der Waals surface area contributed by atoms with Gasteiger partial charge in [0.15, 0.2) is 0 Å². The van der Waals surface area contributed by atoms with E-state index in [1.54, 1.807) is 4.90 Å². The highest BCUT2D eigenvalue weighted by Gasteiger charge is 2.27. The number of carbonyl (C=O) groups excluding carboxylic acids is 2. The van der Waals surface area contributed by atoms with E-state index in [1.165, 1.54) is 12.7 Å². The van der Waals surface area contributed by atoms with Crippen molar-refractivity contribution in [1.82, 2.24) is 14.7 Å². The van der Waals surface area contributed by atoms with Crippen LogP contribution in [0.25, 0.3) is 0 Å². The lowest BCUT2D eigenvalue weighted by Gasteiger charge is -2.34. The molecule has 212 valence electrons. The Bertz CT molecular complexity index is 1090. The fourth-order valence-electron chi connectivity index (χ4n) is 5.75. The number of hydrogen-bond acceptors (Lipinski definition) is 5. The van der Waals surface area contributed by atoms with E-state index in [-0.39, 0.29) is 18.4 Å². The lowest BCUT2D eigenvalue weighted by atomic mass is 9.89. The molecule has 1 fully saturated rings. The summed E-state index contributed by atoms with van der Waals surface area (Å²) in [5, 5.41) is 0.571. The van der Waals surface area contributed by atoms with Gasteiger partial charge in [0.25, 0.3) is 5.91 Å². The molecule has 0 spiro atoms. The quantitative estimate of drug-likeness (QED) is 0.520. The van der Waals surface area contributed by atoms with Crippen molar-refractivity contribution in [3.63, 3.8) is 0 Å². The molecule has 0 atom stereocenters. The molecule has 0 unspecified atom stereocenters. The number of likely N-dealkylation sites (tertiary alicyclic amines) is 1. The number of benzene rings is 2. The number of rotatable bonds is 6. The third kappa shape index (κ3) is 8.04. The molecule has 0 N–H and O–H groups in total. The van der Waals surface area contributed by atoms with Gasteiger partial charge < -0.3 is 14.5 Å². The van der Waals surface area contributed by atoms with Crippen LogP contribution in [0.5, 0.6) is 0 Å². The van der Waals surface area contributed by atoms with Crippen LogP contribution < -0.4 is 4.90 Å². The van der Waals surface area contributed by atoms with Crippen LogP contribution in [0, 0.1) is 0 Å². The molecule has 8 heteroatoms. The Hall–Kier alpha value is -2.45. The number of amides is 2. The van der Waals surface area contributed by atoms with Gasteiger partial charge in [0.1, 0.15) is 6.61 Å². The topological polar surface area (TPSA) is 56.3 Å². The second-order valence-corrected chi connectivity index (χ2v) is 11.4. The highest BCUT2D eigenvalue weighted by Crippen LogP contribution is 2.29. The summed E-state index contributed by atoms with van der Waals surface area (Å²) in [6.45, 7) is 9.93.